The average Bonchev–Trinajstić information content (AvgIpc) is 2.60. The molecule has 0 aliphatic rings. The van der Waals surface area contributed by atoms with Gasteiger partial charge in [-0.3, -0.25) is 9.59 Å². The van der Waals surface area contributed by atoms with Crippen LogP contribution in [0.1, 0.15) is 57.9 Å². The van der Waals surface area contributed by atoms with Gasteiger partial charge in [-0.1, -0.05) is 32.8 Å². The number of nitrogens with zero attached hydrogens (tertiary/aromatic N) is 1. The molecule has 0 saturated heterocycles. The average molecular weight is 372 g/mol. The number of amides is 2. The zero-order valence-corrected chi connectivity index (χ0v) is 15.4. The van der Waals surface area contributed by atoms with Gasteiger partial charge in [0.1, 0.15) is 0 Å². The summed E-state index contributed by atoms with van der Waals surface area (Å²) in [6.45, 7) is 4.37. The molecule has 0 aliphatic carbocycles. The number of benzene rings is 1. The lowest BCUT2D eigenvalue weighted by atomic mass is 10.1. The number of carbonyl (C=O) groups excluding carboxylic acids is 2. The Labute approximate surface area is 152 Å². The van der Waals surface area contributed by atoms with Crippen LogP contribution < -0.4 is 10.2 Å². The summed E-state index contributed by atoms with van der Waals surface area (Å²) in [6, 6.07) is 4.75. The van der Waals surface area contributed by atoms with E-state index in [2.05, 4.69) is 12.2 Å². The zero-order chi connectivity index (χ0) is 19.6. The molecule has 4 nitrogen and oxygen atoms in total. The third kappa shape index (κ3) is 7.45. The van der Waals surface area contributed by atoms with E-state index in [1.54, 1.807) is 6.92 Å². The molecule has 0 unspecified atom stereocenters. The number of unbranched alkanes of at least 4 members (excludes halogenated alkanes) is 2. The number of hydrogen-bond donors (Lipinski definition) is 1. The first-order valence-electron chi connectivity index (χ1n) is 9.03. The van der Waals surface area contributed by atoms with Crippen molar-refractivity contribution in [2.24, 2.45) is 0 Å². The topological polar surface area (TPSA) is 49.4 Å². The highest BCUT2D eigenvalue weighted by atomic mass is 19.4. The first kappa shape index (κ1) is 22.0. The van der Waals surface area contributed by atoms with Gasteiger partial charge in [-0.2, -0.15) is 13.2 Å². The summed E-state index contributed by atoms with van der Waals surface area (Å²) in [5.74, 6) is -0.288. The predicted molar refractivity (Wildman–Crippen MR) is 95.9 cm³/mol. The quantitative estimate of drug-likeness (QED) is 0.613. The lowest BCUT2D eigenvalue weighted by molar-refractivity contribution is -0.137. The minimum absolute atomic E-state index is 0.0362. The Kier molecular flexibility index (Phi) is 9.16. The first-order valence-corrected chi connectivity index (χ1v) is 9.03. The molecule has 146 valence electrons. The molecule has 0 aromatic heterocycles. The molecule has 1 aromatic carbocycles. The second-order valence-electron chi connectivity index (χ2n) is 6.11. The van der Waals surface area contributed by atoms with Crippen LogP contribution in [-0.4, -0.2) is 24.9 Å². The lowest BCUT2D eigenvalue weighted by Gasteiger charge is -2.23. The number of anilines is 1. The van der Waals surface area contributed by atoms with E-state index in [4.69, 9.17) is 0 Å². The third-order valence-electron chi connectivity index (χ3n) is 3.98. The van der Waals surface area contributed by atoms with E-state index in [0.717, 1.165) is 31.4 Å². The van der Waals surface area contributed by atoms with Gasteiger partial charge in [0, 0.05) is 31.6 Å². The second-order valence-corrected chi connectivity index (χ2v) is 6.11. The normalized spacial score (nSPS) is 11.3. The SMILES string of the molecule is CCCCCC(=O)NCCCN(C(=O)CC)c1cccc(C(F)(F)F)c1. The molecule has 0 radical (unpaired) electrons. The van der Waals surface area contributed by atoms with Gasteiger partial charge in [0.25, 0.3) is 0 Å². The summed E-state index contributed by atoms with van der Waals surface area (Å²) in [5, 5.41) is 2.78. The van der Waals surface area contributed by atoms with E-state index in [9.17, 15) is 22.8 Å². The highest BCUT2D eigenvalue weighted by Gasteiger charge is 2.31. The molecule has 0 atom stereocenters. The van der Waals surface area contributed by atoms with Gasteiger partial charge in [0.2, 0.25) is 11.8 Å². The highest BCUT2D eigenvalue weighted by molar-refractivity contribution is 5.93. The van der Waals surface area contributed by atoms with Crippen molar-refractivity contribution >= 4 is 17.5 Å². The van der Waals surface area contributed by atoms with Crippen LogP contribution in [0.15, 0.2) is 24.3 Å². The molecule has 0 fully saturated rings. The molecule has 1 N–H and O–H groups in total. The van der Waals surface area contributed by atoms with Crippen LogP contribution in [0.4, 0.5) is 18.9 Å². The maximum atomic E-state index is 12.9. The molecule has 0 aliphatic heterocycles. The van der Waals surface area contributed by atoms with Crippen molar-refractivity contribution in [2.75, 3.05) is 18.0 Å². The number of alkyl halides is 3. The van der Waals surface area contributed by atoms with Crippen LogP contribution in [0.5, 0.6) is 0 Å². The van der Waals surface area contributed by atoms with Crippen molar-refractivity contribution in [3.8, 4) is 0 Å². The number of rotatable bonds is 10. The summed E-state index contributed by atoms with van der Waals surface area (Å²) in [5.41, 5.74) is -0.561. The van der Waals surface area contributed by atoms with Crippen LogP contribution in [0, 0.1) is 0 Å². The monoisotopic (exact) mass is 372 g/mol. The predicted octanol–water partition coefficient (Wildman–Crippen LogP) is 4.54. The van der Waals surface area contributed by atoms with E-state index < -0.39 is 11.7 Å². The van der Waals surface area contributed by atoms with Gasteiger partial charge in [0.05, 0.1) is 5.56 Å². The minimum atomic E-state index is -4.45. The van der Waals surface area contributed by atoms with E-state index in [1.807, 2.05) is 0 Å². The third-order valence-corrected chi connectivity index (χ3v) is 3.98. The molecular formula is C19H27F3N2O2. The van der Waals surface area contributed by atoms with Crippen molar-refractivity contribution in [3.63, 3.8) is 0 Å². The largest absolute Gasteiger partial charge is 0.416 e. The van der Waals surface area contributed by atoms with E-state index in [-0.39, 0.29) is 30.5 Å². The van der Waals surface area contributed by atoms with E-state index in [1.165, 1.54) is 17.0 Å². The molecule has 1 aromatic rings. The minimum Gasteiger partial charge on any atom is -0.356 e. The van der Waals surface area contributed by atoms with Crippen LogP contribution in [0.25, 0.3) is 0 Å². The van der Waals surface area contributed by atoms with E-state index >= 15 is 0 Å². The van der Waals surface area contributed by atoms with Gasteiger partial charge >= 0.3 is 6.18 Å². The van der Waals surface area contributed by atoms with Crippen LogP contribution in [-0.2, 0) is 15.8 Å². The fourth-order valence-corrected chi connectivity index (χ4v) is 2.53. The van der Waals surface area contributed by atoms with Gasteiger partial charge in [-0.05, 0) is 31.0 Å². The van der Waals surface area contributed by atoms with Crippen LogP contribution >= 0.6 is 0 Å². The van der Waals surface area contributed by atoms with Crippen molar-refractivity contribution in [3.05, 3.63) is 29.8 Å². The fraction of sp³-hybridized carbons (Fsp3) is 0.579. The molecule has 26 heavy (non-hydrogen) atoms. The summed E-state index contributed by atoms with van der Waals surface area (Å²) in [7, 11) is 0. The summed E-state index contributed by atoms with van der Waals surface area (Å²) in [6.07, 6.45) is -0.434. The Bertz CT molecular complexity index is 588. The standard InChI is InChI=1S/C19H27F3N2O2/c1-3-5-6-11-17(25)23-12-8-13-24(18(26)4-2)16-10-7-9-15(14-16)19(20,21)22/h7,9-10,14H,3-6,8,11-13H2,1-2H3,(H,23,25). The second kappa shape index (κ2) is 10.8. The zero-order valence-electron chi connectivity index (χ0n) is 15.4. The Morgan fingerprint density at radius 1 is 1.12 bits per heavy atom. The van der Waals surface area contributed by atoms with Crippen molar-refractivity contribution in [2.45, 2.75) is 58.5 Å². The number of nitrogens with one attached hydrogen (secondary N) is 1. The van der Waals surface area contributed by atoms with Crippen molar-refractivity contribution in [1.82, 2.24) is 5.32 Å². The van der Waals surface area contributed by atoms with E-state index in [0.29, 0.717) is 19.4 Å². The Balaban J connectivity index is 2.63. The van der Waals surface area contributed by atoms with Crippen molar-refractivity contribution in [1.29, 1.82) is 0 Å². The van der Waals surface area contributed by atoms with Crippen LogP contribution in [0.2, 0.25) is 0 Å². The summed E-state index contributed by atoms with van der Waals surface area (Å²) >= 11 is 0. The number of hydrogen-bond acceptors (Lipinski definition) is 2. The van der Waals surface area contributed by atoms with Crippen molar-refractivity contribution < 1.29 is 22.8 Å². The maximum Gasteiger partial charge on any atom is 0.416 e. The molecule has 0 heterocycles. The van der Waals surface area contributed by atoms with Gasteiger partial charge in [-0.25, -0.2) is 0 Å². The number of carbonyl (C=O) groups is 2. The molecule has 0 bridgehead atoms. The molecule has 0 saturated carbocycles. The maximum absolute atomic E-state index is 12.9. The first-order chi connectivity index (χ1) is 12.3. The van der Waals surface area contributed by atoms with Crippen LogP contribution in [0.3, 0.4) is 0 Å². The Morgan fingerprint density at radius 3 is 2.46 bits per heavy atom. The van der Waals surface area contributed by atoms with Gasteiger partial charge in [-0.15, -0.1) is 0 Å². The Morgan fingerprint density at radius 2 is 1.85 bits per heavy atom. The molecule has 7 heteroatoms. The smallest absolute Gasteiger partial charge is 0.356 e. The summed E-state index contributed by atoms with van der Waals surface area (Å²) in [4.78, 5) is 25.1. The molecule has 0 spiro atoms. The van der Waals surface area contributed by atoms with Gasteiger partial charge < -0.3 is 10.2 Å². The summed E-state index contributed by atoms with van der Waals surface area (Å²) < 4.78 is 38.7. The molecule has 1 rings (SSSR count). The molecule has 2 amide bonds. The van der Waals surface area contributed by atoms with Gasteiger partial charge in [0.15, 0.2) is 0 Å². The fourth-order valence-electron chi connectivity index (χ4n) is 2.53. The molecular weight excluding hydrogens is 345 g/mol. The lowest BCUT2D eigenvalue weighted by Crippen LogP contribution is -2.34. The Hall–Kier alpha value is -2.05. The highest BCUT2D eigenvalue weighted by Crippen LogP contribution is 2.31. The number of halogens is 3.